The summed E-state index contributed by atoms with van der Waals surface area (Å²) in [6.45, 7) is 14.0. The highest BCUT2D eigenvalue weighted by Gasteiger charge is 2.35. The lowest BCUT2D eigenvalue weighted by Gasteiger charge is -2.24. The van der Waals surface area contributed by atoms with E-state index in [2.05, 4.69) is 6.92 Å². The zero-order chi connectivity index (χ0) is 19.6. The molecule has 138 valence electrons. The summed E-state index contributed by atoms with van der Waals surface area (Å²) >= 11 is 0. The molecule has 0 aliphatic heterocycles. The van der Waals surface area contributed by atoms with Gasteiger partial charge in [-0.1, -0.05) is 49.7 Å². The van der Waals surface area contributed by atoms with Gasteiger partial charge in [-0.15, -0.1) is 0 Å². The molecule has 2 aromatic rings. The van der Waals surface area contributed by atoms with Crippen LogP contribution in [-0.2, 0) is 0 Å². The van der Waals surface area contributed by atoms with Gasteiger partial charge >= 0.3 is 0 Å². The molecule has 2 nitrogen and oxygen atoms in total. The van der Waals surface area contributed by atoms with E-state index in [1.54, 1.807) is 0 Å². The summed E-state index contributed by atoms with van der Waals surface area (Å²) in [5.74, 6) is 0. The molecule has 2 rings (SSSR count). The summed E-state index contributed by atoms with van der Waals surface area (Å²) in [6, 6.07) is 9.94. The summed E-state index contributed by atoms with van der Waals surface area (Å²) in [5, 5.41) is 0. The van der Waals surface area contributed by atoms with Gasteiger partial charge < -0.3 is 0 Å². The van der Waals surface area contributed by atoms with Gasteiger partial charge in [0.25, 0.3) is 0 Å². The number of benzene rings is 2. The van der Waals surface area contributed by atoms with E-state index in [4.69, 9.17) is 0 Å². The molecule has 0 radical (unpaired) electrons. The smallest absolute Gasteiger partial charge is 0.192 e. The predicted octanol–water partition coefficient (Wildman–Crippen LogP) is 6.49. The second kappa shape index (κ2) is 8.27. The standard InChI is InChI=1S/C23H29O2P/c1-8-19(7)26(22(24)20-15(3)10-9-11-16(20)4)23(25)21-17(5)12-14(2)13-18(21)6/h9-13,19H,8H2,1-7H3. The van der Waals surface area contributed by atoms with Crippen LogP contribution in [-0.4, -0.2) is 16.7 Å². The quantitative estimate of drug-likeness (QED) is 0.546. The third kappa shape index (κ3) is 3.96. The Labute approximate surface area is 158 Å². The summed E-state index contributed by atoms with van der Waals surface area (Å²) in [5.41, 5.74) is 6.57. The average molecular weight is 368 g/mol. The molecule has 0 saturated carbocycles. The SMILES string of the molecule is CCC(C)P(C(=O)c1c(C)cccc1C)C(=O)c1c(C)cc(C)cc1C. The van der Waals surface area contributed by atoms with Crippen LogP contribution in [0.5, 0.6) is 0 Å². The number of hydrogen-bond donors (Lipinski definition) is 0. The summed E-state index contributed by atoms with van der Waals surface area (Å²) in [4.78, 5) is 27.0. The Morgan fingerprint density at radius 1 is 0.846 bits per heavy atom. The second-order valence-corrected chi connectivity index (χ2v) is 9.71. The summed E-state index contributed by atoms with van der Waals surface area (Å²) in [7, 11) is -1.45. The maximum Gasteiger partial charge on any atom is 0.192 e. The Morgan fingerprint density at radius 2 is 1.27 bits per heavy atom. The molecule has 0 saturated heterocycles. The fourth-order valence-electron chi connectivity index (χ4n) is 3.59. The summed E-state index contributed by atoms with van der Waals surface area (Å²) < 4.78 is 0. The van der Waals surface area contributed by atoms with Crippen LogP contribution >= 0.6 is 7.92 Å². The van der Waals surface area contributed by atoms with Crippen molar-refractivity contribution in [2.24, 2.45) is 0 Å². The molecule has 26 heavy (non-hydrogen) atoms. The van der Waals surface area contributed by atoms with E-state index in [0.29, 0.717) is 0 Å². The molecule has 0 aliphatic rings. The molecule has 2 unspecified atom stereocenters. The third-order valence-corrected chi connectivity index (χ3v) is 7.62. The van der Waals surface area contributed by atoms with Gasteiger partial charge in [-0.05, 0) is 69.0 Å². The Morgan fingerprint density at radius 3 is 1.69 bits per heavy atom. The van der Waals surface area contributed by atoms with Gasteiger partial charge in [-0.2, -0.15) is 0 Å². The Hall–Kier alpha value is -1.79. The zero-order valence-electron chi connectivity index (χ0n) is 16.9. The normalized spacial score (nSPS) is 13.3. The van der Waals surface area contributed by atoms with Gasteiger partial charge in [0.2, 0.25) is 0 Å². The largest absolute Gasteiger partial charge is 0.289 e. The first-order valence-corrected chi connectivity index (χ1v) is 10.6. The van der Waals surface area contributed by atoms with Gasteiger partial charge in [-0.3, -0.25) is 9.59 Å². The van der Waals surface area contributed by atoms with Crippen molar-refractivity contribution in [2.45, 2.75) is 60.5 Å². The van der Waals surface area contributed by atoms with Crippen LogP contribution in [0.1, 0.15) is 68.8 Å². The molecule has 0 spiro atoms. The van der Waals surface area contributed by atoms with Gasteiger partial charge in [0.1, 0.15) is 0 Å². The molecule has 2 atom stereocenters. The highest BCUT2D eigenvalue weighted by atomic mass is 31.1. The second-order valence-electron chi connectivity index (χ2n) is 7.28. The van der Waals surface area contributed by atoms with Crippen LogP contribution < -0.4 is 0 Å². The maximum absolute atomic E-state index is 13.5. The fourth-order valence-corrected chi connectivity index (χ4v) is 6.12. The van der Waals surface area contributed by atoms with E-state index in [1.807, 2.05) is 71.9 Å². The third-order valence-electron chi connectivity index (χ3n) is 5.06. The molecule has 3 heteroatoms. The molecule has 0 bridgehead atoms. The minimum absolute atomic E-state index is 0.0225. The number of carbonyl (C=O) groups is 2. The predicted molar refractivity (Wildman–Crippen MR) is 112 cm³/mol. The molecule has 0 aliphatic carbocycles. The van der Waals surface area contributed by atoms with Crippen molar-refractivity contribution in [2.75, 3.05) is 0 Å². The Bertz CT molecular complexity index is 808. The van der Waals surface area contributed by atoms with Crippen LogP contribution in [0.4, 0.5) is 0 Å². The molecule has 0 fully saturated rings. The topological polar surface area (TPSA) is 34.1 Å². The first-order valence-electron chi connectivity index (χ1n) is 9.21. The average Bonchev–Trinajstić information content (AvgIpc) is 2.53. The molecule has 0 amide bonds. The lowest BCUT2D eigenvalue weighted by Crippen LogP contribution is -2.18. The van der Waals surface area contributed by atoms with Gasteiger partial charge in [0.15, 0.2) is 11.0 Å². The van der Waals surface area contributed by atoms with Crippen molar-refractivity contribution in [1.29, 1.82) is 0 Å². The molecule has 0 heterocycles. The van der Waals surface area contributed by atoms with Crippen molar-refractivity contribution in [1.82, 2.24) is 0 Å². The van der Waals surface area contributed by atoms with E-state index in [0.717, 1.165) is 45.4 Å². The number of rotatable bonds is 6. The maximum atomic E-state index is 13.5. The van der Waals surface area contributed by atoms with E-state index < -0.39 is 7.92 Å². The summed E-state index contributed by atoms with van der Waals surface area (Å²) in [6.07, 6.45) is 0.818. The highest BCUT2D eigenvalue weighted by Crippen LogP contribution is 2.50. The lowest BCUT2D eigenvalue weighted by molar-refractivity contribution is 0.105. The first kappa shape index (κ1) is 20.5. The van der Waals surface area contributed by atoms with E-state index in [1.165, 1.54) is 0 Å². The lowest BCUT2D eigenvalue weighted by atomic mass is 10.0. The van der Waals surface area contributed by atoms with Crippen LogP contribution in [0.3, 0.4) is 0 Å². The van der Waals surface area contributed by atoms with E-state index >= 15 is 0 Å². The number of carbonyl (C=O) groups excluding carboxylic acids is 2. The van der Waals surface area contributed by atoms with Crippen molar-refractivity contribution < 1.29 is 9.59 Å². The molecular weight excluding hydrogens is 339 g/mol. The first-order chi connectivity index (χ1) is 12.2. The van der Waals surface area contributed by atoms with E-state index in [-0.39, 0.29) is 16.7 Å². The minimum Gasteiger partial charge on any atom is -0.289 e. The van der Waals surface area contributed by atoms with Crippen LogP contribution in [0.25, 0.3) is 0 Å². The van der Waals surface area contributed by atoms with Crippen molar-refractivity contribution in [3.63, 3.8) is 0 Å². The molecular formula is C23H29O2P. The fraction of sp³-hybridized carbons (Fsp3) is 0.391. The van der Waals surface area contributed by atoms with Gasteiger partial charge in [0.05, 0.1) is 0 Å². The van der Waals surface area contributed by atoms with Gasteiger partial charge in [-0.25, -0.2) is 0 Å². The molecule has 0 aromatic heterocycles. The van der Waals surface area contributed by atoms with Crippen LogP contribution in [0.15, 0.2) is 30.3 Å². The molecule has 0 N–H and O–H groups in total. The van der Waals surface area contributed by atoms with Crippen LogP contribution in [0, 0.1) is 34.6 Å². The number of aryl methyl sites for hydroxylation is 5. The van der Waals surface area contributed by atoms with Crippen molar-refractivity contribution in [3.05, 3.63) is 69.3 Å². The monoisotopic (exact) mass is 368 g/mol. The van der Waals surface area contributed by atoms with Gasteiger partial charge in [0, 0.05) is 19.0 Å². The van der Waals surface area contributed by atoms with Crippen molar-refractivity contribution >= 4 is 19.0 Å². The molecule has 2 aromatic carbocycles. The van der Waals surface area contributed by atoms with Crippen LogP contribution in [0.2, 0.25) is 0 Å². The highest BCUT2D eigenvalue weighted by molar-refractivity contribution is 7.90. The Balaban J connectivity index is 2.59. The minimum atomic E-state index is -1.45. The Kier molecular flexibility index (Phi) is 6.53. The van der Waals surface area contributed by atoms with Crippen molar-refractivity contribution in [3.8, 4) is 0 Å². The zero-order valence-corrected chi connectivity index (χ0v) is 17.8. The number of hydrogen-bond acceptors (Lipinski definition) is 2. The van der Waals surface area contributed by atoms with E-state index in [9.17, 15) is 9.59 Å².